The first-order valence-corrected chi connectivity index (χ1v) is 6.54. The number of nitrogens with zero attached hydrogens (tertiary/aromatic N) is 1. The molecule has 96 valence electrons. The second-order valence-corrected chi connectivity index (χ2v) is 5.54. The third-order valence-electron chi connectivity index (χ3n) is 4.32. The number of carboxylic acid groups (broad SMARTS) is 1. The van der Waals surface area contributed by atoms with Gasteiger partial charge < -0.3 is 10.0 Å². The molecule has 2 bridgehead atoms. The molecule has 4 heteroatoms. The smallest absolute Gasteiger partial charge is 0.303 e. The van der Waals surface area contributed by atoms with Gasteiger partial charge in [-0.05, 0) is 37.5 Å². The van der Waals surface area contributed by atoms with Gasteiger partial charge in [-0.15, -0.1) is 0 Å². The van der Waals surface area contributed by atoms with Crippen molar-refractivity contribution in [3.8, 4) is 0 Å². The van der Waals surface area contributed by atoms with Crippen LogP contribution in [0.4, 0.5) is 0 Å². The number of rotatable bonds is 5. The molecule has 1 N–H and O–H groups in total. The summed E-state index contributed by atoms with van der Waals surface area (Å²) in [5, 5.41) is 8.56. The van der Waals surface area contributed by atoms with E-state index in [1.165, 1.54) is 19.3 Å². The van der Waals surface area contributed by atoms with Gasteiger partial charge in [-0.3, -0.25) is 9.59 Å². The summed E-state index contributed by atoms with van der Waals surface area (Å²) in [6, 6.07) is 0. The van der Waals surface area contributed by atoms with Crippen LogP contribution < -0.4 is 0 Å². The summed E-state index contributed by atoms with van der Waals surface area (Å²) in [5.41, 5.74) is 0. The Hall–Kier alpha value is -1.06. The zero-order chi connectivity index (χ0) is 12.4. The number of carbonyl (C=O) groups excluding carboxylic acids is 1. The van der Waals surface area contributed by atoms with Gasteiger partial charge in [0.1, 0.15) is 0 Å². The standard InChI is InChI=1S/C13H21NO3/c1-14(6-2-3-12(15)16)13(17)11-8-9-4-5-10(11)7-9/h9-11H,2-8H2,1H3,(H,15,16). The lowest BCUT2D eigenvalue weighted by Crippen LogP contribution is -2.36. The maximum atomic E-state index is 12.2. The number of hydrogen-bond donors (Lipinski definition) is 1. The second kappa shape index (κ2) is 5.07. The van der Waals surface area contributed by atoms with Crippen LogP contribution in [0.1, 0.15) is 38.5 Å². The topological polar surface area (TPSA) is 57.6 Å². The number of fused-ring (bicyclic) bond motifs is 2. The van der Waals surface area contributed by atoms with Crippen LogP contribution in [-0.2, 0) is 9.59 Å². The number of carboxylic acids is 1. The van der Waals surface area contributed by atoms with E-state index in [0.29, 0.717) is 18.9 Å². The van der Waals surface area contributed by atoms with Gasteiger partial charge >= 0.3 is 5.97 Å². The maximum absolute atomic E-state index is 12.2. The normalized spacial score (nSPS) is 30.5. The molecule has 3 unspecified atom stereocenters. The minimum absolute atomic E-state index is 0.147. The SMILES string of the molecule is CN(CCCC(=O)O)C(=O)C1CC2CCC1C2. The van der Waals surface area contributed by atoms with Crippen LogP contribution in [0.2, 0.25) is 0 Å². The molecule has 0 aliphatic heterocycles. The predicted molar refractivity (Wildman–Crippen MR) is 63.4 cm³/mol. The molecule has 0 spiro atoms. The van der Waals surface area contributed by atoms with Gasteiger partial charge in [-0.25, -0.2) is 0 Å². The number of aliphatic carboxylic acids is 1. The summed E-state index contributed by atoms with van der Waals surface area (Å²) in [6.07, 6.45) is 5.51. The highest BCUT2D eigenvalue weighted by atomic mass is 16.4. The van der Waals surface area contributed by atoms with E-state index in [2.05, 4.69) is 0 Å². The number of carbonyl (C=O) groups is 2. The molecule has 2 rings (SSSR count). The highest BCUT2D eigenvalue weighted by molar-refractivity contribution is 5.79. The van der Waals surface area contributed by atoms with Crippen molar-refractivity contribution in [1.82, 2.24) is 4.90 Å². The van der Waals surface area contributed by atoms with E-state index in [1.54, 1.807) is 11.9 Å². The Morgan fingerprint density at radius 2 is 2.06 bits per heavy atom. The van der Waals surface area contributed by atoms with Crippen LogP contribution in [0.25, 0.3) is 0 Å². The molecular weight excluding hydrogens is 218 g/mol. The minimum atomic E-state index is -0.786. The molecule has 0 heterocycles. The average molecular weight is 239 g/mol. The van der Waals surface area contributed by atoms with Gasteiger partial charge in [-0.1, -0.05) is 6.42 Å². The molecule has 0 aromatic heterocycles. The van der Waals surface area contributed by atoms with E-state index in [4.69, 9.17) is 5.11 Å². The summed E-state index contributed by atoms with van der Waals surface area (Å²) < 4.78 is 0. The fraction of sp³-hybridized carbons (Fsp3) is 0.846. The van der Waals surface area contributed by atoms with Crippen molar-refractivity contribution in [3.05, 3.63) is 0 Å². The van der Waals surface area contributed by atoms with E-state index in [0.717, 1.165) is 12.3 Å². The van der Waals surface area contributed by atoms with Crippen LogP contribution >= 0.6 is 0 Å². The summed E-state index contributed by atoms with van der Waals surface area (Å²) in [4.78, 5) is 24.3. The predicted octanol–water partition coefficient (Wildman–Crippen LogP) is 1.75. The van der Waals surface area contributed by atoms with E-state index >= 15 is 0 Å². The molecule has 3 atom stereocenters. The fourth-order valence-corrected chi connectivity index (χ4v) is 3.41. The molecule has 1 amide bonds. The van der Waals surface area contributed by atoms with Crippen molar-refractivity contribution in [2.24, 2.45) is 17.8 Å². The summed E-state index contributed by atoms with van der Waals surface area (Å²) >= 11 is 0. The lowest BCUT2D eigenvalue weighted by Gasteiger charge is -2.26. The molecule has 17 heavy (non-hydrogen) atoms. The van der Waals surface area contributed by atoms with Gasteiger partial charge in [0.25, 0.3) is 0 Å². The van der Waals surface area contributed by atoms with E-state index in [1.807, 2.05) is 0 Å². The maximum Gasteiger partial charge on any atom is 0.303 e. The molecule has 2 fully saturated rings. The number of amides is 1. The van der Waals surface area contributed by atoms with Crippen LogP contribution in [0.15, 0.2) is 0 Å². The van der Waals surface area contributed by atoms with Crippen LogP contribution in [0, 0.1) is 17.8 Å². The quantitative estimate of drug-likeness (QED) is 0.795. The lowest BCUT2D eigenvalue weighted by atomic mass is 9.88. The molecule has 0 saturated heterocycles. The molecule has 0 radical (unpaired) electrons. The second-order valence-electron chi connectivity index (χ2n) is 5.54. The van der Waals surface area contributed by atoms with E-state index in [-0.39, 0.29) is 18.2 Å². The van der Waals surface area contributed by atoms with Crippen molar-refractivity contribution in [3.63, 3.8) is 0 Å². The Bertz CT molecular complexity index is 316. The van der Waals surface area contributed by atoms with Crippen molar-refractivity contribution in [1.29, 1.82) is 0 Å². The first kappa shape index (κ1) is 12.4. The lowest BCUT2D eigenvalue weighted by molar-refractivity contribution is -0.139. The summed E-state index contributed by atoms with van der Waals surface area (Å²) in [7, 11) is 1.80. The Balaban J connectivity index is 1.77. The molecule has 2 aliphatic carbocycles. The Labute approximate surface area is 102 Å². The number of hydrogen-bond acceptors (Lipinski definition) is 2. The van der Waals surface area contributed by atoms with Crippen molar-refractivity contribution in [2.75, 3.05) is 13.6 Å². The third-order valence-corrected chi connectivity index (χ3v) is 4.32. The largest absolute Gasteiger partial charge is 0.481 e. The molecule has 4 nitrogen and oxygen atoms in total. The highest BCUT2D eigenvalue weighted by Gasteiger charge is 2.43. The molecule has 2 aliphatic rings. The Morgan fingerprint density at radius 1 is 1.29 bits per heavy atom. The monoisotopic (exact) mass is 239 g/mol. The van der Waals surface area contributed by atoms with Gasteiger partial charge in [0.05, 0.1) is 0 Å². The summed E-state index contributed by atoms with van der Waals surface area (Å²) in [5.74, 6) is 1.06. The van der Waals surface area contributed by atoms with Gasteiger partial charge in [0, 0.05) is 25.9 Å². The van der Waals surface area contributed by atoms with E-state index in [9.17, 15) is 9.59 Å². The first-order chi connectivity index (χ1) is 8.08. The first-order valence-electron chi connectivity index (χ1n) is 6.54. The highest BCUT2D eigenvalue weighted by Crippen LogP contribution is 2.48. The third kappa shape index (κ3) is 2.79. The van der Waals surface area contributed by atoms with Crippen molar-refractivity contribution < 1.29 is 14.7 Å². The van der Waals surface area contributed by atoms with Crippen LogP contribution in [-0.4, -0.2) is 35.5 Å². The van der Waals surface area contributed by atoms with Crippen molar-refractivity contribution in [2.45, 2.75) is 38.5 Å². The van der Waals surface area contributed by atoms with E-state index < -0.39 is 5.97 Å². The van der Waals surface area contributed by atoms with Gasteiger partial charge in [-0.2, -0.15) is 0 Å². The average Bonchev–Trinajstić information content (AvgIpc) is 2.88. The Morgan fingerprint density at radius 3 is 2.59 bits per heavy atom. The minimum Gasteiger partial charge on any atom is -0.481 e. The van der Waals surface area contributed by atoms with Crippen molar-refractivity contribution >= 4 is 11.9 Å². The zero-order valence-corrected chi connectivity index (χ0v) is 10.4. The molecular formula is C13H21NO3. The Kier molecular flexibility index (Phi) is 3.69. The fourth-order valence-electron chi connectivity index (χ4n) is 3.41. The molecule has 0 aromatic carbocycles. The van der Waals surface area contributed by atoms with Gasteiger partial charge in [0.2, 0.25) is 5.91 Å². The van der Waals surface area contributed by atoms with Crippen LogP contribution in [0.3, 0.4) is 0 Å². The summed E-state index contributed by atoms with van der Waals surface area (Å²) in [6.45, 7) is 0.568. The van der Waals surface area contributed by atoms with Crippen LogP contribution in [0.5, 0.6) is 0 Å². The molecule has 0 aromatic rings. The zero-order valence-electron chi connectivity index (χ0n) is 10.4. The molecule has 2 saturated carbocycles. The van der Waals surface area contributed by atoms with Gasteiger partial charge in [0.15, 0.2) is 0 Å².